The van der Waals surface area contributed by atoms with Crippen LogP contribution in [0, 0.1) is 6.92 Å². The Balaban J connectivity index is 2.08. The van der Waals surface area contributed by atoms with Crippen LogP contribution in [-0.4, -0.2) is 36.6 Å². The van der Waals surface area contributed by atoms with Gasteiger partial charge in [-0.05, 0) is 44.5 Å². The van der Waals surface area contributed by atoms with Crippen molar-refractivity contribution in [3.8, 4) is 0 Å². The lowest BCUT2D eigenvalue weighted by molar-refractivity contribution is -0.138. The molecule has 170 valence electrons. The van der Waals surface area contributed by atoms with Crippen LogP contribution < -0.4 is 10.2 Å². The Morgan fingerprint density at radius 2 is 1.73 bits per heavy atom. The molecule has 4 rings (SSSR count). The highest BCUT2D eigenvalue weighted by atomic mass is 32.2. The Morgan fingerprint density at radius 3 is 2.39 bits per heavy atom. The molecule has 33 heavy (non-hydrogen) atoms. The quantitative estimate of drug-likeness (QED) is 0.372. The van der Waals surface area contributed by atoms with E-state index in [1.165, 1.54) is 26.0 Å². The fourth-order valence-corrected chi connectivity index (χ4v) is 5.49. The highest BCUT2D eigenvalue weighted by Gasteiger charge is 2.44. The second kappa shape index (κ2) is 8.68. The maximum absolute atomic E-state index is 13.0. The number of carbonyl (C=O) groups excluding carboxylic acids is 2. The van der Waals surface area contributed by atoms with Crippen LogP contribution in [0.3, 0.4) is 0 Å². The van der Waals surface area contributed by atoms with E-state index in [2.05, 4.69) is 5.32 Å². The summed E-state index contributed by atoms with van der Waals surface area (Å²) in [7, 11) is 2.59. The van der Waals surface area contributed by atoms with Crippen molar-refractivity contribution in [2.45, 2.75) is 26.3 Å². The third-order valence-electron chi connectivity index (χ3n) is 5.50. The number of nitrogens with zero attached hydrogens (tertiary/aromatic N) is 1. The molecule has 0 bridgehead atoms. The number of nitrogens with one attached hydrogen (secondary N) is 1. The first kappa shape index (κ1) is 23.1. The topological polar surface area (TPSA) is 67.9 Å². The lowest BCUT2D eigenvalue weighted by Crippen LogP contribution is -2.44. The van der Waals surface area contributed by atoms with Crippen LogP contribution in [0.15, 0.2) is 64.2 Å². The SMILES string of the molecule is COC(=O)C1=C(C(=O)OC)N(c2cccc(C)c2)/C(=C2\C(=S)C(C)(C)Nc3ccccc32)S1. The lowest BCUT2D eigenvalue weighted by atomic mass is 9.85. The van der Waals surface area contributed by atoms with Gasteiger partial charge in [0, 0.05) is 22.5 Å². The van der Waals surface area contributed by atoms with Gasteiger partial charge < -0.3 is 14.8 Å². The number of fused-ring (bicyclic) bond motifs is 1. The average molecular weight is 481 g/mol. The Hall–Kier alpha value is -3.10. The minimum atomic E-state index is -0.632. The van der Waals surface area contributed by atoms with Gasteiger partial charge in [0.25, 0.3) is 0 Å². The van der Waals surface area contributed by atoms with Crippen LogP contribution in [0.25, 0.3) is 5.57 Å². The van der Waals surface area contributed by atoms with Gasteiger partial charge >= 0.3 is 11.9 Å². The predicted molar refractivity (Wildman–Crippen MR) is 136 cm³/mol. The Labute approximate surface area is 202 Å². The molecule has 6 nitrogen and oxygen atoms in total. The number of methoxy groups -OCH3 is 2. The zero-order valence-electron chi connectivity index (χ0n) is 19.0. The molecule has 0 amide bonds. The number of anilines is 2. The van der Waals surface area contributed by atoms with Crippen molar-refractivity contribution in [1.29, 1.82) is 0 Å². The van der Waals surface area contributed by atoms with Crippen LogP contribution >= 0.6 is 24.0 Å². The molecule has 8 heteroatoms. The fraction of sp³-hybridized carbons (Fsp3) is 0.240. The van der Waals surface area contributed by atoms with Gasteiger partial charge in [-0.15, -0.1) is 0 Å². The van der Waals surface area contributed by atoms with Gasteiger partial charge in [0.15, 0.2) is 5.70 Å². The molecular weight excluding hydrogens is 456 g/mol. The van der Waals surface area contributed by atoms with E-state index in [9.17, 15) is 9.59 Å². The zero-order valence-corrected chi connectivity index (χ0v) is 20.6. The third kappa shape index (κ3) is 3.94. The maximum atomic E-state index is 13.0. The van der Waals surface area contributed by atoms with Gasteiger partial charge in [0.2, 0.25) is 0 Å². The lowest BCUT2D eigenvalue weighted by Gasteiger charge is -2.38. The molecule has 0 aliphatic carbocycles. The maximum Gasteiger partial charge on any atom is 0.356 e. The Kier molecular flexibility index (Phi) is 6.07. The number of aryl methyl sites for hydroxylation is 1. The fourth-order valence-electron chi connectivity index (χ4n) is 3.93. The molecule has 1 N–H and O–H groups in total. The molecule has 0 fully saturated rings. The van der Waals surface area contributed by atoms with E-state index in [4.69, 9.17) is 21.7 Å². The highest BCUT2D eigenvalue weighted by Crippen LogP contribution is 2.51. The molecule has 0 spiro atoms. The van der Waals surface area contributed by atoms with Crippen molar-refractivity contribution < 1.29 is 19.1 Å². The van der Waals surface area contributed by atoms with Crippen molar-refractivity contribution in [3.05, 3.63) is 75.3 Å². The normalized spacial score (nSPS) is 19.2. The van der Waals surface area contributed by atoms with Crippen molar-refractivity contribution in [3.63, 3.8) is 0 Å². The summed E-state index contributed by atoms with van der Waals surface area (Å²) in [4.78, 5) is 28.3. The molecule has 0 aromatic heterocycles. The number of hydrogen-bond donors (Lipinski definition) is 1. The molecule has 2 aromatic rings. The Morgan fingerprint density at radius 1 is 1.03 bits per heavy atom. The molecule has 0 unspecified atom stereocenters. The smallest absolute Gasteiger partial charge is 0.356 e. The van der Waals surface area contributed by atoms with Crippen molar-refractivity contribution in [2.24, 2.45) is 0 Å². The van der Waals surface area contributed by atoms with Crippen LogP contribution in [0.1, 0.15) is 25.0 Å². The summed E-state index contributed by atoms with van der Waals surface area (Å²) in [6.07, 6.45) is 0. The predicted octanol–water partition coefficient (Wildman–Crippen LogP) is 5.05. The second-order valence-electron chi connectivity index (χ2n) is 8.24. The van der Waals surface area contributed by atoms with E-state index in [0.717, 1.165) is 28.1 Å². The highest BCUT2D eigenvalue weighted by molar-refractivity contribution is 8.08. The minimum absolute atomic E-state index is 0.110. The van der Waals surface area contributed by atoms with Gasteiger partial charge in [0.1, 0.15) is 4.91 Å². The number of hydrogen-bond acceptors (Lipinski definition) is 8. The third-order valence-corrected chi connectivity index (χ3v) is 7.36. The van der Waals surface area contributed by atoms with Gasteiger partial charge in [-0.3, -0.25) is 4.90 Å². The summed E-state index contributed by atoms with van der Waals surface area (Å²) < 4.78 is 10.1. The van der Waals surface area contributed by atoms with E-state index in [-0.39, 0.29) is 10.6 Å². The van der Waals surface area contributed by atoms with Gasteiger partial charge in [-0.1, -0.05) is 54.3 Å². The van der Waals surface area contributed by atoms with E-state index >= 15 is 0 Å². The van der Waals surface area contributed by atoms with Crippen molar-refractivity contribution in [1.82, 2.24) is 0 Å². The Bertz CT molecular complexity index is 1250. The minimum Gasteiger partial charge on any atom is -0.465 e. The number of thiocarbonyl (C=S) groups is 1. The number of thioether (sulfide) groups is 1. The summed E-state index contributed by atoms with van der Waals surface area (Å²) in [6, 6.07) is 15.6. The molecule has 0 radical (unpaired) electrons. The second-order valence-corrected chi connectivity index (χ2v) is 9.65. The standard InChI is InChI=1S/C25H24N2O4S2/c1-14-9-8-10-15(13-14)27-19(23(28)30-4)20(24(29)31-5)33-22(27)18-16-11-6-7-12-17(16)26-25(2,3)21(18)32/h6-13,26H,1-5H3/b22-18+. The molecule has 0 saturated heterocycles. The summed E-state index contributed by atoms with van der Waals surface area (Å²) in [5.74, 6) is -1.24. The van der Waals surface area contributed by atoms with Gasteiger partial charge in [0.05, 0.1) is 29.7 Å². The number of para-hydroxylation sites is 1. The molecule has 0 saturated carbocycles. The van der Waals surface area contributed by atoms with E-state index in [1.807, 2.05) is 69.3 Å². The molecule has 2 heterocycles. The molecule has 2 aromatic carbocycles. The molecule has 0 atom stereocenters. The summed E-state index contributed by atoms with van der Waals surface area (Å²) in [5, 5.41) is 4.15. The number of rotatable bonds is 3. The van der Waals surface area contributed by atoms with E-state index in [1.54, 1.807) is 4.90 Å². The number of benzene rings is 2. The summed E-state index contributed by atoms with van der Waals surface area (Å²) >= 11 is 7.13. The number of ether oxygens (including phenoxy) is 2. The summed E-state index contributed by atoms with van der Waals surface area (Å²) in [5.41, 5.74) is 3.93. The van der Waals surface area contributed by atoms with Crippen LogP contribution in [0.4, 0.5) is 11.4 Å². The van der Waals surface area contributed by atoms with E-state index in [0.29, 0.717) is 9.89 Å². The largest absolute Gasteiger partial charge is 0.465 e. The molecular formula is C25H24N2O4S2. The first-order chi connectivity index (χ1) is 15.7. The first-order valence-electron chi connectivity index (χ1n) is 10.3. The summed E-state index contributed by atoms with van der Waals surface area (Å²) in [6.45, 7) is 5.99. The van der Waals surface area contributed by atoms with Crippen molar-refractivity contribution in [2.75, 3.05) is 24.4 Å². The first-order valence-corrected chi connectivity index (χ1v) is 11.5. The number of carbonyl (C=O) groups is 2. The molecule has 2 aliphatic rings. The number of esters is 2. The molecule has 2 aliphatic heterocycles. The monoisotopic (exact) mass is 480 g/mol. The van der Waals surface area contributed by atoms with Crippen LogP contribution in [0.5, 0.6) is 0 Å². The van der Waals surface area contributed by atoms with Crippen LogP contribution in [-0.2, 0) is 19.1 Å². The average Bonchev–Trinajstić information content (AvgIpc) is 3.18. The van der Waals surface area contributed by atoms with Gasteiger partial charge in [-0.2, -0.15) is 0 Å². The van der Waals surface area contributed by atoms with Crippen LogP contribution in [0.2, 0.25) is 0 Å². The van der Waals surface area contributed by atoms with Crippen molar-refractivity contribution >= 4 is 57.7 Å². The van der Waals surface area contributed by atoms with E-state index < -0.39 is 17.5 Å². The zero-order chi connectivity index (χ0) is 23.9. The van der Waals surface area contributed by atoms with Gasteiger partial charge in [-0.25, -0.2) is 9.59 Å².